The largest absolute Gasteiger partial charge is 0.334 e. The molecule has 0 aliphatic carbocycles. The lowest BCUT2D eigenvalue weighted by molar-refractivity contribution is 0.196. The summed E-state index contributed by atoms with van der Waals surface area (Å²) >= 11 is 0. The van der Waals surface area contributed by atoms with E-state index in [9.17, 15) is 4.79 Å². The molecule has 2 N–H and O–H groups in total. The number of carbonyl (C=O) groups excluding carboxylic acids is 1. The van der Waals surface area contributed by atoms with Gasteiger partial charge in [-0.05, 0) is 49.7 Å². The van der Waals surface area contributed by atoms with Gasteiger partial charge < -0.3 is 15.5 Å². The molecular formula is C18H25N5O. The van der Waals surface area contributed by atoms with Crippen LogP contribution in [0.25, 0.3) is 0 Å². The Balaban J connectivity index is 1.49. The maximum absolute atomic E-state index is 12.2. The van der Waals surface area contributed by atoms with Gasteiger partial charge in [0.2, 0.25) is 0 Å². The number of rotatable bonds is 5. The van der Waals surface area contributed by atoms with Crippen molar-refractivity contribution in [2.24, 2.45) is 0 Å². The number of nitrogens with zero attached hydrogens (tertiary/aromatic N) is 3. The number of amides is 2. The van der Waals surface area contributed by atoms with E-state index in [0.717, 1.165) is 50.3 Å². The van der Waals surface area contributed by atoms with Crippen molar-refractivity contribution in [2.75, 3.05) is 25.0 Å². The monoisotopic (exact) mass is 327 g/mol. The Morgan fingerprint density at radius 2 is 2.17 bits per heavy atom. The molecule has 0 unspecified atom stereocenters. The van der Waals surface area contributed by atoms with Crippen LogP contribution in [0.5, 0.6) is 0 Å². The summed E-state index contributed by atoms with van der Waals surface area (Å²) < 4.78 is 1.87. The van der Waals surface area contributed by atoms with Gasteiger partial charge in [0.25, 0.3) is 0 Å². The lowest BCUT2D eigenvalue weighted by Crippen LogP contribution is -2.48. The minimum atomic E-state index is -0.127. The van der Waals surface area contributed by atoms with Gasteiger partial charge in [0, 0.05) is 30.7 Å². The molecule has 1 saturated heterocycles. The number of likely N-dealkylation sites (N-methyl/N-ethyl adjacent to an activating group) is 1. The molecule has 24 heavy (non-hydrogen) atoms. The van der Waals surface area contributed by atoms with Crippen LogP contribution in [0.4, 0.5) is 10.5 Å². The Hall–Kier alpha value is -2.34. The number of hydrogen-bond acceptors (Lipinski definition) is 3. The third-order valence-electron chi connectivity index (χ3n) is 4.40. The summed E-state index contributed by atoms with van der Waals surface area (Å²) in [6.45, 7) is 6.00. The van der Waals surface area contributed by atoms with E-state index in [-0.39, 0.29) is 12.1 Å². The highest BCUT2D eigenvalue weighted by atomic mass is 16.2. The van der Waals surface area contributed by atoms with Crippen LogP contribution in [-0.2, 0) is 6.54 Å². The zero-order valence-corrected chi connectivity index (χ0v) is 14.1. The number of benzene rings is 1. The van der Waals surface area contributed by atoms with Crippen molar-refractivity contribution in [1.82, 2.24) is 20.0 Å². The van der Waals surface area contributed by atoms with E-state index in [4.69, 9.17) is 0 Å². The van der Waals surface area contributed by atoms with E-state index in [1.165, 1.54) is 0 Å². The zero-order chi connectivity index (χ0) is 16.8. The lowest BCUT2D eigenvalue weighted by atomic mass is 10.1. The molecule has 2 heterocycles. The Kier molecular flexibility index (Phi) is 5.48. The number of likely N-dealkylation sites (tertiary alicyclic amines) is 1. The number of hydrogen-bond donors (Lipinski definition) is 2. The van der Waals surface area contributed by atoms with Crippen LogP contribution in [0, 0.1) is 0 Å². The predicted octanol–water partition coefficient (Wildman–Crippen LogP) is 2.54. The van der Waals surface area contributed by atoms with Crippen LogP contribution in [-0.4, -0.2) is 46.4 Å². The second-order valence-electron chi connectivity index (χ2n) is 6.23. The van der Waals surface area contributed by atoms with Gasteiger partial charge in [0.1, 0.15) is 0 Å². The summed E-state index contributed by atoms with van der Waals surface area (Å²) in [6.07, 6.45) is 5.89. The van der Waals surface area contributed by atoms with Crippen molar-refractivity contribution in [3.05, 3.63) is 48.3 Å². The molecule has 3 rings (SSSR count). The highest BCUT2D eigenvalue weighted by molar-refractivity contribution is 5.89. The first-order valence-corrected chi connectivity index (χ1v) is 8.59. The fraction of sp³-hybridized carbons (Fsp3) is 0.444. The molecule has 1 aromatic carbocycles. The highest BCUT2D eigenvalue weighted by Crippen LogP contribution is 2.12. The van der Waals surface area contributed by atoms with Crippen molar-refractivity contribution in [3.63, 3.8) is 0 Å². The first-order valence-electron chi connectivity index (χ1n) is 8.59. The van der Waals surface area contributed by atoms with Crippen molar-refractivity contribution in [3.8, 4) is 0 Å². The summed E-state index contributed by atoms with van der Waals surface area (Å²) in [5, 5.41) is 10.2. The molecule has 1 fully saturated rings. The van der Waals surface area contributed by atoms with Crippen LogP contribution >= 0.6 is 0 Å². The van der Waals surface area contributed by atoms with Gasteiger partial charge in [-0.1, -0.05) is 19.1 Å². The maximum Gasteiger partial charge on any atom is 0.319 e. The van der Waals surface area contributed by atoms with E-state index in [0.29, 0.717) is 0 Å². The standard InChI is InChI=1S/C18H25N5O/c1-2-22-11-3-5-17(14-22)21-18(24)20-16-8-6-15(7-9-16)13-23-12-4-10-19-23/h4,6-10,12,17H,2-3,5,11,13-14H2,1H3,(H2,20,21,24)/t17-/m0/s1. The second kappa shape index (κ2) is 7.97. The topological polar surface area (TPSA) is 62.2 Å². The van der Waals surface area contributed by atoms with Gasteiger partial charge in [-0.15, -0.1) is 0 Å². The Bertz CT molecular complexity index is 638. The number of piperidine rings is 1. The van der Waals surface area contributed by atoms with Gasteiger partial charge in [-0.3, -0.25) is 4.68 Å². The van der Waals surface area contributed by atoms with Gasteiger partial charge in [0.05, 0.1) is 6.54 Å². The van der Waals surface area contributed by atoms with Crippen molar-refractivity contribution in [1.29, 1.82) is 0 Å². The minimum Gasteiger partial charge on any atom is -0.334 e. The molecule has 1 aliphatic heterocycles. The van der Waals surface area contributed by atoms with Crippen LogP contribution in [0.15, 0.2) is 42.7 Å². The quantitative estimate of drug-likeness (QED) is 0.887. The molecule has 6 nitrogen and oxygen atoms in total. The second-order valence-corrected chi connectivity index (χ2v) is 6.23. The summed E-state index contributed by atoms with van der Waals surface area (Å²) in [7, 11) is 0. The van der Waals surface area contributed by atoms with Gasteiger partial charge in [-0.25, -0.2) is 4.79 Å². The first-order chi connectivity index (χ1) is 11.7. The minimum absolute atomic E-state index is 0.127. The number of nitrogens with one attached hydrogen (secondary N) is 2. The summed E-state index contributed by atoms with van der Waals surface area (Å²) in [5.74, 6) is 0. The molecule has 1 aromatic heterocycles. The van der Waals surface area contributed by atoms with Gasteiger partial charge in [0.15, 0.2) is 0 Å². The van der Waals surface area contributed by atoms with E-state index < -0.39 is 0 Å². The molecule has 0 radical (unpaired) electrons. The van der Waals surface area contributed by atoms with E-state index in [1.54, 1.807) is 6.20 Å². The lowest BCUT2D eigenvalue weighted by Gasteiger charge is -2.32. The van der Waals surface area contributed by atoms with Gasteiger partial charge >= 0.3 is 6.03 Å². The third-order valence-corrected chi connectivity index (χ3v) is 4.40. The van der Waals surface area contributed by atoms with Crippen LogP contribution in [0.3, 0.4) is 0 Å². The average molecular weight is 327 g/mol. The Labute approximate surface area is 142 Å². The third kappa shape index (κ3) is 4.58. The van der Waals surface area contributed by atoms with E-state index in [2.05, 4.69) is 27.6 Å². The number of anilines is 1. The Morgan fingerprint density at radius 1 is 1.33 bits per heavy atom. The fourth-order valence-corrected chi connectivity index (χ4v) is 3.09. The summed E-state index contributed by atoms with van der Waals surface area (Å²) in [5.41, 5.74) is 1.95. The average Bonchev–Trinajstić information content (AvgIpc) is 3.10. The molecular weight excluding hydrogens is 302 g/mol. The molecule has 128 valence electrons. The van der Waals surface area contributed by atoms with E-state index >= 15 is 0 Å². The maximum atomic E-state index is 12.2. The zero-order valence-electron chi connectivity index (χ0n) is 14.1. The molecule has 1 atom stereocenters. The van der Waals surface area contributed by atoms with Crippen molar-refractivity contribution in [2.45, 2.75) is 32.4 Å². The molecule has 6 heteroatoms. The summed E-state index contributed by atoms with van der Waals surface area (Å²) in [6, 6.07) is 9.89. The number of carbonyl (C=O) groups is 1. The smallest absolute Gasteiger partial charge is 0.319 e. The van der Waals surface area contributed by atoms with Crippen LogP contribution < -0.4 is 10.6 Å². The normalized spacial score (nSPS) is 18.3. The predicted molar refractivity (Wildman–Crippen MR) is 95.1 cm³/mol. The highest BCUT2D eigenvalue weighted by Gasteiger charge is 2.20. The van der Waals surface area contributed by atoms with Crippen LogP contribution in [0.2, 0.25) is 0 Å². The molecule has 0 spiro atoms. The fourth-order valence-electron chi connectivity index (χ4n) is 3.09. The molecule has 0 saturated carbocycles. The van der Waals surface area contributed by atoms with Crippen LogP contribution in [0.1, 0.15) is 25.3 Å². The first kappa shape index (κ1) is 16.5. The molecule has 2 aromatic rings. The molecule has 2 amide bonds. The SMILES string of the molecule is CCN1CCC[C@H](NC(=O)Nc2ccc(Cn3cccn3)cc2)C1. The molecule has 1 aliphatic rings. The van der Waals surface area contributed by atoms with Crippen molar-refractivity contribution < 1.29 is 4.79 Å². The Morgan fingerprint density at radius 3 is 2.88 bits per heavy atom. The number of aromatic nitrogens is 2. The molecule has 0 bridgehead atoms. The summed E-state index contributed by atoms with van der Waals surface area (Å²) in [4.78, 5) is 14.5. The van der Waals surface area contributed by atoms with Gasteiger partial charge in [-0.2, -0.15) is 5.10 Å². The van der Waals surface area contributed by atoms with Crippen molar-refractivity contribution >= 4 is 11.7 Å². The number of urea groups is 1. The van der Waals surface area contributed by atoms with E-state index in [1.807, 2.05) is 41.2 Å².